The van der Waals surface area contributed by atoms with Crippen LogP contribution in [0.4, 0.5) is 18.9 Å². The summed E-state index contributed by atoms with van der Waals surface area (Å²) in [6, 6.07) is 15.0. The van der Waals surface area contributed by atoms with Crippen molar-refractivity contribution in [2.45, 2.75) is 36.5 Å². The molecule has 2 bridgehead atoms. The van der Waals surface area contributed by atoms with Gasteiger partial charge in [-0.3, -0.25) is 4.31 Å². The zero-order valence-electron chi connectivity index (χ0n) is 19.0. The second-order valence-corrected chi connectivity index (χ2v) is 17.2. The normalized spacial score (nSPS) is 31.5. The van der Waals surface area contributed by atoms with Crippen molar-refractivity contribution in [3.05, 3.63) is 71.8 Å². The molecule has 0 spiro atoms. The third-order valence-electron chi connectivity index (χ3n) is 8.48. The molecule has 0 amide bonds. The Morgan fingerprint density at radius 1 is 1.12 bits per heavy atom. The monoisotopic (exact) mass is 502 g/mol. The maximum atomic E-state index is 14.0. The minimum absolute atomic E-state index is 0.0301. The molecular formula is C25H25F3N2O2SSi. The van der Waals surface area contributed by atoms with Crippen LogP contribution >= 0.6 is 0 Å². The minimum atomic E-state index is -4.75. The van der Waals surface area contributed by atoms with Crippen molar-refractivity contribution in [3.63, 3.8) is 0 Å². The quantitative estimate of drug-likeness (QED) is 0.443. The first-order valence-electron chi connectivity index (χ1n) is 11.2. The van der Waals surface area contributed by atoms with E-state index < -0.39 is 40.1 Å². The highest BCUT2D eigenvalue weighted by atomic mass is 32.2. The first-order valence-corrected chi connectivity index (χ1v) is 15.7. The lowest BCUT2D eigenvalue weighted by atomic mass is 9.83. The van der Waals surface area contributed by atoms with Gasteiger partial charge in [-0.05, 0) is 42.5 Å². The van der Waals surface area contributed by atoms with Crippen molar-refractivity contribution in [3.8, 4) is 6.07 Å². The van der Waals surface area contributed by atoms with E-state index in [-0.39, 0.29) is 35.5 Å². The van der Waals surface area contributed by atoms with E-state index in [0.29, 0.717) is 0 Å². The van der Waals surface area contributed by atoms with Gasteiger partial charge >= 0.3 is 6.18 Å². The molecule has 1 unspecified atom stereocenters. The molecule has 1 aliphatic heterocycles. The van der Waals surface area contributed by atoms with Crippen LogP contribution in [0.2, 0.25) is 18.6 Å². The van der Waals surface area contributed by atoms with Gasteiger partial charge < -0.3 is 0 Å². The summed E-state index contributed by atoms with van der Waals surface area (Å²) in [5.74, 6) is -0.352. The Kier molecular flexibility index (Phi) is 4.92. The molecule has 0 N–H and O–H groups in total. The molecule has 2 fully saturated rings. The van der Waals surface area contributed by atoms with Crippen LogP contribution in [0.5, 0.6) is 0 Å². The van der Waals surface area contributed by atoms with Gasteiger partial charge in [0, 0.05) is 12.5 Å². The number of fused-ring (bicyclic) bond motifs is 5. The van der Waals surface area contributed by atoms with Crippen LogP contribution < -0.4 is 9.49 Å². The first-order chi connectivity index (χ1) is 15.8. The van der Waals surface area contributed by atoms with Crippen LogP contribution in [0.25, 0.3) is 0 Å². The number of alkyl halides is 3. The molecule has 0 aromatic heterocycles. The van der Waals surface area contributed by atoms with Crippen LogP contribution in [0.3, 0.4) is 0 Å². The highest BCUT2D eigenvalue weighted by molar-refractivity contribution is 7.94. The van der Waals surface area contributed by atoms with Crippen molar-refractivity contribution in [1.82, 2.24) is 0 Å². The summed E-state index contributed by atoms with van der Waals surface area (Å²) in [5.41, 5.74) is -1.45. The van der Waals surface area contributed by atoms with Crippen LogP contribution in [-0.2, 0) is 16.2 Å². The number of halogens is 3. The average molecular weight is 503 g/mol. The summed E-state index contributed by atoms with van der Waals surface area (Å²) in [6.07, 6.45) is -0.579. The fourth-order valence-electron chi connectivity index (χ4n) is 6.72. The lowest BCUT2D eigenvalue weighted by molar-refractivity contribution is -0.137. The maximum Gasteiger partial charge on any atom is 0.417 e. The molecule has 3 aliphatic rings. The number of hydrogen-bond donors (Lipinski definition) is 0. The van der Waals surface area contributed by atoms with Crippen LogP contribution in [0.15, 0.2) is 60.7 Å². The standard InChI is InChI=1S/C25H25F3N2O2SSi/c1-24-20-12-11-19(23(20)34(2,3)18-7-5-4-6-8-18)22(24)15-30(33(24,31)32)17-10-9-16(14-29)21(13-17)25(26,27)28/h4-13,19-20,22-23H,15H2,1-3H3/t19-,20-,22+,23-,24?/m1/s1. The maximum absolute atomic E-state index is 14.0. The molecule has 2 aromatic rings. The van der Waals surface area contributed by atoms with Crippen molar-refractivity contribution in [1.29, 1.82) is 5.26 Å². The number of allylic oxidation sites excluding steroid dienone is 2. The zero-order valence-corrected chi connectivity index (χ0v) is 20.9. The molecule has 1 saturated heterocycles. The van der Waals surface area contributed by atoms with Gasteiger partial charge in [-0.1, -0.05) is 60.8 Å². The molecule has 4 nitrogen and oxygen atoms in total. The Bertz CT molecular complexity index is 1330. The number of hydrogen-bond acceptors (Lipinski definition) is 3. The SMILES string of the molecule is CC12[C@@H]3C=C[C@@H]([C@H]3[Si](C)(C)c3ccccc3)[C@@H]1CN(c1ccc(C#N)c(C(F)(F)F)c1)S2(=O)=O. The lowest BCUT2D eigenvalue weighted by Crippen LogP contribution is -2.51. The molecule has 5 atom stereocenters. The van der Waals surface area contributed by atoms with E-state index in [1.165, 1.54) is 11.3 Å². The third kappa shape index (κ3) is 2.91. The molecule has 5 rings (SSSR count). The fourth-order valence-corrected chi connectivity index (χ4v) is 13.3. The number of anilines is 1. The molecule has 2 aliphatic carbocycles. The molecule has 1 heterocycles. The van der Waals surface area contributed by atoms with E-state index in [9.17, 15) is 21.6 Å². The highest BCUT2D eigenvalue weighted by Crippen LogP contribution is 2.66. The number of rotatable bonds is 3. The van der Waals surface area contributed by atoms with Crippen molar-refractivity contribution in [2.75, 3.05) is 10.8 Å². The molecular weight excluding hydrogens is 477 g/mol. The van der Waals surface area contributed by atoms with E-state index >= 15 is 0 Å². The third-order valence-corrected chi connectivity index (χ3v) is 15.3. The van der Waals surface area contributed by atoms with Gasteiger partial charge in [-0.15, -0.1) is 0 Å². The minimum Gasteiger partial charge on any atom is -0.269 e. The molecule has 2 aromatic carbocycles. The van der Waals surface area contributed by atoms with Crippen molar-refractivity contribution < 1.29 is 21.6 Å². The predicted molar refractivity (Wildman–Crippen MR) is 128 cm³/mol. The van der Waals surface area contributed by atoms with Crippen molar-refractivity contribution >= 4 is 29.0 Å². The molecule has 1 saturated carbocycles. The van der Waals surface area contributed by atoms with Gasteiger partial charge in [0.05, 0.1) is 35.7 Å². The second kappa shape index (κ2) is 7.22. The average Bonchev–Trinajstić information content (AvgIpc) is 3.40. The summed E-state index contributed by atoms with van der Waals surface area (Å²) >= 11 is 0. The van der Waals surface area contributed by atoms with E-state index in [1.807, 2.05) is 24.3 Å². The molecule has 0 radical (unpaired) electrons. The zero-order chi connectivity index (χ0) is 24.7. The van der Waals surface area contributed by atoms with E-state index in [1.54, 1.807) is 13.0 Å². The number of benzene rings is 2. The predicted octanol–water partition coefficient (Wildman–Crippen LogP) is 4.90. The van der Waals surface area contributed by atoms with E-state index in [0.717, 1.165) is 16.4 Å². The Balaban J connectivity index is 1.56. The summed E-state index contributed by atoms with van der Waals surface area (Å²) in [4.78, 5) is 0. The van der Waals surface area contributed by atoms with Gasteiger partial charge in [0.25, 0.3) is 0 Å². The summed E-state index contributed by atoms with van der Waals surface area (Å²) in [7, 11) is -6.01. The number of nitrogens with zero attached hydrogens (tertiary/aromatic N) is 2. The van der Waals surface area contributed by atoms with E-state index in [2.05, 4.69) is 31.3 Å². The van der Waals surface area contributed by atoms with Crippen molar-refractivity contribution in [2.24, 2.45) is 17.8 Å². The Morgan fingerprint density at radius 3 is 2.38 bits per heavy atom. The fraction of sp³-hybridized carbons (Fsp3) is 0.400. The van der Waals surface area contributed by atoms with E-state index in [4.69, 9.17) is 5.26 Å². The van der Waals surface area contributed by atoms with Gasteiger partial charge in [-0.25, -0.2) is 8.42 Å². The lowest BCUT2D eigenvalue weighted by Gasteiger charge is -2.37. The highest BCUT2D eigenvalue weighted by Gasteiger charge is 2.72. The molecule has 34 heavy (non-hydrogen) atoms. The van der Waals surface area contributed by atoms with Crippen LogP contribution in [0.1, 0.15) is 18.1 Å². The van der Waals surface area contributed by atoms with Gasteiger partial charge in [0.1, 0.15) is 0 Å². The second-order valence-electron chi connectivity index (χ2n) is 10.3. The Labute approximate surface area is 198 Å². The van der Waals surface area contributed by atoms with Crippen LogP contribution in [-0.4, -0.2) is 27.8 Å². The Morgan fingerprint density at radius 2 is 1.79 bits per heavy atom. The largest absolute Gasteiger partial charge is 0.417 e. The molecule has 178 valence electrons. The van der Waals surface area contributed by atoms with Gasteiger partial charge in [0.15, 0.2) is 0 Å². The topological polar surface area (TPSA) is 61.2 Å². The summed E-state index contributed by atoms with van der Waals surface area (Å²) < 4.78 is 68.7. The number of nitriles is 1. The van der Waals surface area contributed by atoms with Crippen LogP contribution in [0, 0.1) is 29.1 Å². The van der Waals surface area contributed by atoms with Gasteiger partial charge in [-0.2, -0.15) is 18.4 Å². The number of sulfonamides is 1. The van der Waals surface area contributed by atoms with Gasteiger partial charge in [0.2, 0.25) is 10.0 Å². The first kappa shape index (κ1) is 23.2. The molecule has 9 heteroatoms. The Hall–Kier alpha value is -2.57. The summed E-state index contributed by atoms with van der Waals surface area (Å²) in [5, 5.41) is 10.4. The summed E-state index contributed by atoms with van der Waals surface area (Å²) in [6.45, 7) is 6.48. The smallest absolute Gasteiger partial charge is 0.269 e.